The van der Waals surface area contributed by atoms with Gasteiger partial charge >= 0.3 is 5.97 Å². The predicted octanol–water partition coefficient (Wildman–Crippen LogP) is 4.47. The normalized spacial score (nSPS) is 18.9. The third kappa shape index (κ3) is 3.56. The monoisotopic (exact) mass is 282 g/mol. The number of hydrogen-bond donors (Lipinski definition) is 0. The molecule has 0 amide bonds. The molecule has 0 aliphatic heterocycles. The highest BCUT2D eigenvalue weighted by molar-refractivity contribution is 5.66. The Morgan fingerprint density at radius 3 is 2.00 bits per heavy atom. The molecule has 0 unspecified atom stereocenters. The summed E-state index contributed by atoms with van der Waals surface area (Å²) < 4.78 is 32.5. The molecule has 0 aromatic heterocycles. The minimum Gasteiger partial charge on any atom is -0.454 e. The zero-order valence-electron chi connectivity index (χ0n) is 11.8. The minimum absolute atomic E-state index is 0.407. The molecule has 0 atom stereocenters. The Morgan fingerprint density at radius 1 is 1.00 bits per heavy atom. The first kappa shape index (κ1) is 14.9. The number of benzene rings is 1. The van der Waals surface area contributed by atoms with Crippen LogP contribution in [0.5, 0.6) is 0 Å². The van der Waals surface area contributed by atoms with Gasteiger partial charge in [-0.05, 0) is 37.8 Å². The van der Waals surface area contributed by atoms with E-state index in [2.05, 4.69) is 0 Å². The number of rotatable bonds is 2. The summed E-state index contributed by atoms with van der Waals surface area (Å²) in [5.74, 6) is -1.67. The van der Waals surface area contributed by atoms with Crippen LogP contribution in [0.3, 0.4) is 0 Å². The smallest absolute Gasteiger partial charge is 0.303 e. The topological polar surface area (TPSA) is 26.3 Å². The van der Waals surface area contributed by atoms with Crippen molar-refractivity contribution in [3.05, 3.63) is 35.4 Å². The van der Waals surface area contributed by atoms with Crippen LogP contribution in [0, 0.1) is 11.6 Å². The maximum atomic E-state index is 13.5. The van der Waals surface area contributed by atoms with E-state index in [4.69, 9.17) is 4.74 Å². The van der Waals surface area contributed by atoms with Crippen molar-refractivity contribution in [1.29, 1.82) is 0 Å². The molecule has 0 spiro atoms. The molecule has 2 nitrogen and oxygen atoms in total. The van der Waals surface area contributed by atoms with E-state index in [0.717, 1.165) is 38.2 Å². The molecule has 110 valence electrons. The second kappa shape index (κ2) is 6.33. The number of hydrogen-bond acceptors (Lipinski definition) is 2. The van der Waals surface area contributed by atoms with E-state index in [1.165, 1.54) is 19.1 Å². The Morgan fingerprint density at radius 2 is 1.50 bits per heavy atom. The largest absolute Gasteiger partial charge is 0.454 e. The Hall–Kier alpha value is -1.45. The summed E-state index contributed by atoms with van der Waals surface area (Å²) >= 11 is 0. The lowest BCUT2D eigenvalue weighted by molar-refractivity contribution is -0.161. The van der Waals surface area contributed by atoms with Crippen molar-refractivity contribution in [2.24, 2.45) is 0 Å². The Labute approximate surface area is 118 Å². The molecule has 0 saturated heterocycles. The fourth-order valence-electron chi connectivity index (χ4n) is 3.02. The van der Waals surface area contributed by atoms with E-state index in [1.807, 2.05) is 0 Å². The average Bonchev–Trinajstić information content (AvgIpc) is 2.31. The van der Waals surface area contributed by atoms with Gasteiger partial charge in [0.2, 0.25) is 0 Å². The maximum Gasteiger partial charge on any atom is 0.303 e. The molecule has 2 rings (SSSR count). The van der Waals surface area contributed by atoms with Gasteiger partial charge in [-0.25, -0.2) is 8.78 Å². The van der Waals surface area contributed by atoms with Crippen LogP contribution in [0.4, 0.5) is 8.78 Å². The third-order valence-corrected chi connectivity index (χ3v) is 3.89. The molecule has 1 aliphatic carbocycles. The standard InChI is InChI=1S/C16H20F2O2/c1-12(19)20-16(7-5-3-2-4-6-8-16)13-9-14(17)11-15(18)10-13/h9-11H,2-8H2,1H3. The maximum absolute atomic E-state index is 13.5. The van der Waals surface area contributed by atoms with E-state index < -0.39 is 23.2 Å². The first-order chi connectivity index (χ1) is 9.52. The lowest BCUT2D eigenvalue weighted by Crippen LogP contribution is -2.33. The van der Waals surface area contributed by atoms with E-state index in [0.29, 0.717) is 18.4 Å². The fraction of sp³-hybridized carbons (Fsp3) is 0.562. The van der Waals surface area contributed by atoms with Crippen molar-refractivity contribution < 1.29 is 18.3 Å². The van der Waals surface area contributed by atoms with Crippen LogP contribution < -0.4 is 0 Å². The summed E-state index contributed by atoms with van der Waals surface area (Å²) in [6, 6.07) is 3.41. The van der Waals surface area contributed by atoms with Crippen molar-refractivity contribution in [1.82, 2.24) is 0 Å². The highest BCUT2D eigenvalue weighted by Gasteiger charge is 2.36. The zero-order valence-corrected chi connectivity index (χ0v) is 11.8. The highest BCUT2D eigenvalue weighted by atomic mass is 19.1. The molecule has 0 bridgehead atoms. The van der Waals surface area contributed by atoms with Gasteiger partial charge in [0.1, 0.15) is 17.2 Å². The lowest BCUT2D eigenvalue weighted by atomic mass is 9.81. The van der Waals surface area contributed by atoms with Gasteiger partial charge in [0.15, 0.2) is 0 Å². The Bertz CT molecular complexity index is 457. The quantitative estimate of drug-likeness (QED) is 0.748. The van der Waals surface area contributed by atoms with Gasteiger partial charge in [0.25, 0.3) is 0 Å². The molecular formula is C16H20F2O2. The zero-order chi connectivity index (χ0) is 14.6. The predicted molar refractivity (Wildman–Crippen MR) is 72.1 cm³/mol. The van der Waals surface area contributed by atoms with Crippen LogP contribution in [0.25, 0.3) is 0 Å². The molecule has 0 heterocycles. The SMILES string of the molecule is CC(=O)OC1(c2cc(F)cc(F)c2)CCCCCCC1. The van der Waals surface area contributed by atoms with Crippen molar-refractivity contribution in [2.75, 3.05) is 0 Å². The van der Waals surface area contributed by atoms with Crippen molar-refractivity contribution in [3.63, 3.8) is 0 Å². The van der Waals surface area contributed by atoms with Crippen molar-refractivity contribution in [2.45, 2.75) is 57.5 Å². The summed E-state index contributed by atoms with van der Waals surface area (Å²) in [4.78, 5) is 11.4. The molecule has 20 heavy (non-hydrogen) atoms. The van der Waals surface area contributed by atoms with Gasteiger partial charge in [-0.2, -0.15) is 0 Å². The molecule has 4 heteroatoms. The number of ether oxygens (including phenoxy) is 1. The molecule has 1 aliphatic rings. The first-order valence-corrected chi connectivity index (χ1v) is 7.18. The van der Waals surface area contributed by atoms with Crippen LogP contribution in [-0.4, -0.2) is 5.97 Å². The van der Waals surface area contributed by atoms with E-state index in [1.54, 1.807) is 0 Å². The number of carbonyl (C=O) groups excluding carboxylic acids is 1. The summed E-state index contributed by atoms with van der Waals surface area (Å²) in [6.45, 7) is 1.34. The minimum atomic E-state index is -0.880. The van der Waals surface area contributed by atoms with Crippen LogP contribution in [-0.2, 0) is 15.1 Å². The number of carbonyl (C=O) groups is 1. The molecule has 1 aromatic carbocycles. The summed E-state index contributed by atoms with van der Waals surface area (Å²) in [7, 11) is 0. The summed E-state index contributed by atoms with van der Waals surface area (Å²) in [6.07, 6.45) is 6.30. The van der Waals surface area contributed by atoms with Gasteiger partial charge in [0, 0.05) is 18.6 Å². The Kier molecular flexibility index (Phi) is 4.73. The van der Waals surface area contributed by atoms with E-state index >= 15 is 0 Å². The van der Waals surface area contributed by atoms with Crippen molar-refractivity contribution in [3.8, 4) is 0 Å². The summed E-state index contributed by atoms with van der Waals surface area (Å²) in [5, 5.41) is 0. The Balaban J connectivity index is 2.40. The molecular weight excluding hydrogens is 262 g/mol. The van der Waals surface area contributed by atoms with Gasteiger partial charge < -0.3 is 4.74 Å². The van der Waals surface area contributed by atoms with E-state index in [9.17, 15) is 13.6 Å². The number of esters is 1. The first-order valence-electron chi connectivity index (χ1n) is 7.18. The fourth-order valence-corrected chi connectivity index (χ4v) is 3.02. The lowest BCUT2D eigenvalue weighted by Gasteiger charge is -2.35. The second-order valence-corrected chi connectivity index (χ2v) is 5.51. The van der Waals surface area contributed by atoms with Crippen LogP contribution in [0.15, 0.2) is 18.2 Å². The van der Waals surface area contributed by atoms with Crippen LogP contribution >= 0.6 is 0 Å². The molecule has 1 fully saturated rings. The molecule has 0 N–H and O–H groups in total. The van der Waals surface area contributed by atoms with Gasteiger partial charge in [0.05, 0.1) is 0 Å². The van der Waals surface area contributed by atoms with E-state index in [-0.39, 0.29) is 0 Å². The van der Waals surface area contributed by atoms with Crippen LogP contribution in [0.1, 0.15) is 57.4 Å². The highest BCUT2D eigenvalue weighted by Crippen LogP contribution is 2.39. The van der Waals surface area contributed by atoms with Gasteiger partial charge in [-0.1, -0.05) is 19.3 Å². The summed E-state index contributed by atoms with van der Waals surface area (Å²) in [5.41, 5.74) is -0.443. The molecule has 0 radical (unpaired) electrons. The third-order valence-electron chi connectivity index (χ3n) is 3.89. The van der Waals surface area contributed by atoms with Gasteiger partial charge in [-0.15, -0.1) is 0 Å². The van der Waals surface area contributed by atoms with Crippen LogP contribution in [0.2, 0.25) is 0 Å². The average molecular weight is 282 g/mol. The van der Waals surface area contributed by atoms with Crippen molar-refractivity contribution >= 4 is 5.97 Å². The molecule has 1 saturated carbocycles. The van der Waals surface area contributed by atoms with Gasteiger partial charge in [-0.3, -0.25) is 4.79 Å². The number of halogens is 2. The molecule has 1 aromatic rings. The second-order valence-electron chi connectivity index (χ2n) is 5.51.